The van der Waals surface area contributed by atoms with Crippen molar-refractivity contribution < 1.29 is 9.53 Å². The Balaban J connectivity index is 1.47. The number of methoxy groups -OCH3 is 1. The third-order valence-corrected chi connectivity index (χ3v) is 7.93. The summed E-state index contributed by atoms with van der Waals surface area (Å²) in [4.78, 5) is 25.0. The molecular formula is C26H25N3O2S2. The van der Waals surface area contributed by atoms with Crippen LogP contribution in [0.1, 0.15) is 28.8 Å². The number of benzene rings is 2. The van der Waals surface area contributed by atoms with Gasteiger partial charge in [-0.25, -0.2) is 9.97 Å². The Morgan fingerprint density at radius 3 is 2.73 bits per heavy atom. The first-order valence-corrected chi connectivity index (χ1v) is 12.9. The largest absolute Gasteiger partial charge is 0.497 e. The molecule has 0 aliphatic heterocycles. The number of aryl methyl sites for hydroxylation is 3. The summed E-state index contributed by atoms with van der Waals surface area (Å²) in [5.74, 6) is 1.75. The number of anilines is 1. The van der Waals surface area contributed by atoms with E-state index in [4.69, 9.17) is 14.7 Å². The van der Waals surface area contributed by atoms with Gasteiger partial charge in [0.1, 0.15) is 15.6 Å². The monoisotopic (exact) mass is 475 g/mol. The topological polar surface area (TPSA) is 64.1 Å². The summed E-state index contributed by atoms with van der Waals surface area (Å²) in [5.41, 5.74) is 4.26. The Morgan fingerprint density at radius 1 is 1.12 bits per heavy atom. The number of fused-ring (bicyclic) bond motifs is 3. The molecule has 0 spiro atoms. The van der Waals surface area contributed by atoms with E-state index < -0.39 is 0 Å². The maximum absolute atomic E-state index is 12.7. The third kappa shape index (κ3) is 4.75. The smallest absolute Gasteiger partial charge is 0.234 e. The van der Waals surface area contributed by atoms with Gasteiger partial charge in [-0.1, -0.05) is 23.9 Å². The second-order valence-electron chi connectivity index (χ2n) is 8.18. The summed E-state index contributed by atoms with van der Waals surface area (Å²) < 4.78 is 5.29. The third-order valence-electron chi connectivity index (χ3n) is 5.77. The molecule has 1 N–H and O–H groups in total. The second-order valence-corrected chi connectivity index (χ2v) is 10.2. The van der Waals surface area contributed by atoms with Crippen molar-refractivity contribution in [1.29, 1.82) is 0 Å². The Hall–Kier alpha value is -2.90. The quantitative estimate of drug-likeness (QED) is 0.262. The van der Waals surface area contributed by atoms with Crippen LogP contribution in [-0.4, -0.2) is 28.7 Å². The number of hydrogen-bond acceptors (Lipinski definition) is 6. The van der Waals surface area contributed by atoms with Crippen LogP contribution in [0.5, 0.6) is 5.75 Å². The number of nitrogens with zero attached hydrogens (tertiary/aromatic N) is 2. The van der Waals surface area contributed by atoms with Crippen LogP contribution in [0.3, 0.4) is 0 Å². The number of aromatic nitrogens is 2. The van der Waals surface area contributed by atoms with Gasteiger partial charge >= 0.3 is 0 Å². The summed E-state index contributed by atoms with van der Waals surface area (Å²) >= 11 is 3.27. The number of hydrogen-bond donors (Lipinski definition) is 1. The van der Waals surface area contributed by atoms with Crippen molar-refractivity contribution in [3.63, 3.8) is 0 Å². The van der Waals surface area contributed by atoms with Crippen LogP contribution in [0.4, 0.5) is 5.69 Å². The maximum Gasteiger partial charge on any atom is 0.234 e. The highest BCUT2D eigenvalue weighted by Crippen LogP contribution is 2.40. The molecule has 0 atom stereocenters. The first-order valence-electron chi connectivity index (χ1n) is 11.1. The number of carbonyl (C=O) groups is 1. The van der Waals surface area contributed by atoms with Crippen molar-refractivity contribution in [1.82, 2.24) is 9.97 Å². The van der Waals surface area contributed by atoms with Crippen molar-refractivity contribution in [2.24, 2.45) is 0 Å². The summed E-state index contributed by atoms with van der Waals surface area (Å²) in [6.45, 7) is 2.02. The molecule has 1 aliphatic rings. The molecule has 1 amide bonds. The van der Waals surface area contributed by atoms with Crippen LogP contribution in [-0.2, 0) is 17.6 Å². The number of thiophene rings is 1. The van der Waals surface area contributed by atoms with Gasteiger partial charge in [0.05, 0.1) is 12.9 Å². The van der Waals surface area contributed by atoms with Gasteiger partial charge in [0.15, 0.2) is 5.82 Å². The lowest BCUT2D eigenvalue weighted by molar-refractivity contribution is -0.113. The summed E-state index contributed by atoms with van der Waals surface area (Å²) in [5, 5.41) is 5.03. The minimum absolute atomic E-state index is 0.0348. The number of ether oxygens (including phenoxy) is 1. The molecule has 0 unspecified atom stereocenters. The fourth-order valence-corrected chi connectivity index (χ4v) is 6.33. The number of amides is 1. The molecule has 0 bridgehead atoms. The maximum atomic E-state index is 12.7. The Labute approximate surface area is 201 Å². The number of nitrogens with one attached hydrogen (secondary N) is 1. The van der Waals surface area contributed by atoms with Crippen molar-refractivity contribution in [2.45, 2.75) is 37.6 Å². The van der Waals surface area contributed by atoms with Crippen LogP contribution in [0, 0.1) is 6.92 Å². The molecule has 1 aliphatic carbocycles. The molecule has 0 radical (unpaired) electrons. The standard InChI is InChI=1S/C26H25N3O2S2/c1-16-6-5-7-18(14-16)27-22(30)15-32-25-23-20-8-3-4-9-21(20)33-26(23)29-24(28-25)17-10-12-19(31-2)13-11-17/h5-7,10-14H,3-4,8-9,15H2,1-2H3,(H,27,30). The van der Waals surface area contributed by atoms with Crippen LogP contribution >= 0.6 is 23.1 Å². The zero-order chi connectivity index (χ0) is 22.8. The first kappa shape index (κ1) is 21.9. The molecule has 2 aromatic heterocycles. The lowest BCUT2D eigenvalue weighted by Crippen LogP contribution is -2.14. The van der Waals surface area contributed by atoms with E-state index in [9.17, 15) is 4.79 Å². The highest BCUT2D eigenvalue weighted by atomic mass is 32.2. The molecule has 2 aromatic carbocycles. The van der Waals surface area contributed by atoms with E-state index >= 15 is 0 Å². The molecule has 7 heteroatoms. The molecular weight excluding hydrogens is 450 g/mol. The van der Waals surface area contributed by atoms with E-state index in [0.717, 1.165) is 50.6 Å². The molecule has 0 fully saturated rings. The predicted octanol–water partition coefficient (Wildman–Crippen LogP) is 6.28. The Bertz CT molecular complexity index is 1320. The van der Waals surface area contributed by atoms with Crippen molar-refractivity contribution >= 4 is 44.9 Å². The average molecular weight is 476 g/mol. The van der Waals surface area contributed by atoms with Crippen molar-refractivity contribution in [3.8, 4) is 17.1 Å². The van der Waals surface area contributed by atoms with Crippen LogP contribution < -0.4 is 10.1 Å². The van der Waals surface area contributed by atoms with Gasteiger partial charge < -0.3 is 10.1 Å². The van der Waals surface area contributed by atoms with Gasteiger partial charge in [-0.15, -0.1) is 11.3 Å². The lowest BCUT2D eigenvalue weighted by atomic mass is 9.97. The van der Waals surface area contributed by atoms with Gasteiger partial charge in [-0.3, -0.25) is 4.79 Å². The highest BCUT2D eigenvalue weighted by molar-refractivity contribution is 8.00. The number of thioether (sulfide) groups is 1. The zero-order valence-electron chi connectivity index (χ0n) is 18.7. The minimum atomic E-state index is -0.0348. The van der Waals surface area contributed by atoms with E-state index in [2.05, 4.69) is 5.32 Å². The van der Waals surface area contributed by atoms with Crippen LogP contribution in [0.25, 0.3) is 21.6 Å². The second kappa shape index (κ2) is 9.53. The summed E-state index contributed by atoms with van der Waals surface area (Å²) in [7, 11) is 1.66. The Kier molecular flexibility index (Phi) is 6.33. The van der Waals surface area contributed by atoms with Gasteiger partial charge in [0.2, 0.25) is 5.91 Å². The molecule has 0 saturated heterocycles. The van der Waals surface area contributed by atoms with E-state index in [1.54, 1.807) is 18.4 Å². The number of carbonyl (C=O) groups excluding carboxylic acids is 1. The first-order chi connectivity index (χ1) is 16.1. The van der Waals surface area contributed by atoms with E-state index in [1.165, 1.54) is 35.0 Å². The molecule has 0 saturated carbocycles. The zero-order valence-corrected chi connectivity index (χ0v) is 20.3. The fourth-order valence-electron chi connectivity index (χ4n) is 4.15. The van der Waals surface area contributed by atoms with Gasteiger partial charge in [-0.05, 0) is 80.1 Å². The summed E-state index contributed by atoms with van der Waals surface area (Å²) in [6.07, 6.45) is 4.58. The van der Waals surface area contributed by atoms with Gasteiger partial charge in [0, 0.05) is 21.5 Å². The normalized spacial score (nSPS) is 13.0. The molecule has 5 nitrogen and oxygen atoms in total. The van der Waals surface area contributed by atoms with Crippen molar-refractivity contribution in [3.05, 3.63) is 64.5 Å². The number of rotatable bonds is 6. The molecule has 33 heavy (non-hydrogen) atoms. The summed E-state index contributed by atoms with van der Waals surface area (Å²) in [6, 6.07) is 15.7. The molecule has 2 heterocycles. The molecule has 168 valence electrons. The minimum Gasteiger partial charge on any atom is -0.497 e. The fraction of sp³-hybridized carbons (Fsp3) is 0.269. The predicted molar refractivity (Wildman–Crippen MR) is 137 cm³/mol. The molecule has 5 rings (SSSR count). The van der Waals surface area contributed by atoms with E-state index in [1.807, 2.05) is 55.5 Å². The SMILES string of the molecule is COc1ccc(-c2nc(SCC(=O)Nc3cccc(C)c3)c3c4c(sc3n2)CCCC4)cc1. The van der Waals surface area contributed by atoms with Crippen LogP contribution in [0.15, 0.2) is 53.6 Å². The lowest BCUT2D eigenvalue weighted by Gasteiger charge is -2.12. The van der Waals surface area contributed by atoms with E-state index in [-0.39, 0.29) is 5.91 Å². The molecule has 4 aromatic rings. The van der Waals surface area contributed by atoms with Crippen LogP contribution in [0.2, 0.25) is 0 Å². The van der Waals surface area contributed by atoms with Gasteiger partial charge in [-0.2, -0.15) is 0 Å². The van der Waals surface area contributed by atoms with Crippen molar-refractivity contribution in [2.75, 3.05) is 18.2 Å². The Morgan fingerprint density at radius 2 is 1.94 bits per heavy atom. The van der Waals surface area contributed by atoms with E-state index in [0.29, 0.717) is 11.6 Å². The highest BCUT2D eigenvalue weighted by Gasteiger charge is 2.22. The van der Waals surface area contributed by atoms with Gasteiger partial charge in [0.25, 0.3) is 0 Å². The average Bonchev–Trinajstić information content (AvgIpc) is 3.21.